The lowest BCUT2D eigenvalue weighted by atomic mass is 10.0. The Kier molecular flexibility index (Phi) is 6.22. The Labute approximate surface area is 111 Å². The van der Waals surface area contributed by atoms with Gasteiger partial charge in [-0.1, -0.05) is 15.9 Å². The molecule has 82 valence electrons. The van der Waals surface area contributed by atoms with Crippen molar-refractivity contribution in [3.63, 3.8) is 0 Å². The average Bonchev–Trinajstić information content (AvgIpc) is 2.11. The molecular weight excluding hydrogens is 347 g/mol. The van der Waals surface area contributed by atoms with Crippen LogP contribution in [0.15, 0.2) is 21.1 Å². The Hall–Kier alpha value is -0.280. The molecule has 0 saturated heterocycles. The molecule has 0 aromatic heterocycles. The number of rotatable bonds is 2. The molecule has 0 heterocycles. The van der Waals surface area contributed by atoms with Crippen LogP contribution >= 0.6 is 44.3 Å². The summed E-state index contributed by atoms with van der Waals surface area (Å²) in [6.07, 6.45) is 0.177. The normalized spacial score (nSPS) is 11.3. The van der Waals surface area contributed by atoms with E-state index in [2.05, 4.69) is 31.9 Å². The van der Waals surface area contributed by atoms with Crippen LogP contribution in [-0.2, 0) is 0 Å². The summed E-state index contributed by atoms with van der Waals surface area (Å²) in [5.41, 5.74) is 6.28. The number of phenols is 1. The van der Waals surface area contributed by atoms with Crippen LogP contribution in [0.1, 0.15) is 18.0 Å². The minimum absolute atomic E-state index is 0. The molecule has 15 heavy (non-hydrogen) atoms. The fourth-order valence-corrected chi connectivity index (χ4v) is 2.34. The molecule has 1 aromatic carbocycles. The van der Waals surface area contributed by atoms with Crippen molar-refractivity contribution in [3.8, 4) is 11.8 Å². The first-order valence-corrected chi connectivity index (χ1v) is 5.45. The van der Waals surface area contributed by atoms with Gasteiger partial charge >= 0.3 is 0 Å². The first-order valence-electron chi connectivity index (χ1n) is 3.86. The topological polar surface area (TPSA) is 70.0 Å². The number of nitriles is 1. The molecule has 0 radical (unpaired) electrons. The van der Waals surface area contributed by atoms with Gasteiger partial charge in [0.05, 0.1) is 17.0 Å². The zero-order chi connectivity index (χ0) is 10.7. The molecular formula is C9H9Br2ClN2O. The van der Waals surface area contributed by atoms with Gasteiger partial charge in [-0.15, -0.1) is 12.4 Å². The van der Waals surface area contributed by atoms with E-state index in [1.807, 2.05) is 6.07 Å². The maximum absolute atomic E-state index is 9.66. The van der Waals surface area contributed by atoms with Crippen molar-refractivity contribution in [2.24, 2.45) is 5.73 Å². The Balaban J connectivity index is 0.00000196. The first kappa shape index (κ1) is 14.7. The molecule has 0 aliphatic heterocycles. The summed E-state index contributed by atoms with van der Waals surface area (Å²) in [5, 5.41) is 18.2. The molecule has 0 bridgehead atoms. The van der Waals surface area contributed by atoms with E-state index in [1.165, 1.54) is 0 Å². The van der Waals surface area contributed by atoms with E-state index in [4.69, 9.17) is 11.0 Å². The molecule has 1 aromatic rings. The summed E-state index contributed by atoms with van der Waals surface area (Å²) in [7, 11) is 0. The lowest BCUT2D eigenvalue weighted by Crippen LogP contribution is -2.09. The highest BCUT2D eigenvalue weighted by Crippen LogP contribution is 2.35. The quantitative estimate of drug-likeness (QED) is 0.854. The number of hydrogen-bond donors (Lipinski definition) is 2. The standard InChI is InChI=1S/C9H8Br2N2O.ClH/c10-5-3-6(8(13)1-2-12)9(14)7(11)4-5;/h3-4,8,14H,1,13H2;1H/t8-;/m0./s1. The molecule has 0 spiro atoms. The Morgan fingerprint density at radius 2 is 2.07 bits per heavy atom. The highest BCUT2D eigenvalue weighted by Gasteiger charge is 2.13. The zero-order valence-corrected chi connectivity index (χ0v) is 11.6. The average molecular weight is 356 g/mol. The van der Waals surface area contributed by atoms with Crippen molar-refractivity contribution in [3.05, 3.63) is 26.6 Å². The van der Waals surface area contributed by atoms with Crippen LogP contribution in [0.25, 0.3) is 0 Å². The number of phenolic OH excluding ortho intramolecular Hbond substituents is 1. The van der Waals surface area contributed by atoms with Gasteiger partial charge in [0.1, 0.15) is 5.75 Å². The smallest absolute Gasteiger partial charge is 0.134 e. The first-order chi connectivity index (χ1) is 6.56. The highest BCUT2D eigenvalue weighted by molar-refractivity contribution is 9.11. The molecule has 1 rings (SSSR count). The van der Waals surface area contributed by atoms with Gasteiger partial charge in [0.15, 0.2) is 0 Å². The monoisotopic (exact) mass is 354 g/mol. The van der Waals surface area contributed by atoms with Gasteiger partial charge in [-0.25, -0.2) is 0 Å². The summed E-state index contributed by atoms with van der Waals surface area (Å²) in [6, 6.07) is 4.93. The van der Waals surface area contributed by atoms with E-state index >= 15 is 0 Å². The maximum Gasteiger partial charge on any atom is 0.134 e. The number of benzene rings is 1. The molecule has 0 aliphatic carbocycles. The number of halogens is 3. The summed E-state index contributed by atoms with van der Waals surface area (Å²) in [4.78, 5) is 0. The second-order valence-electron chi connectivity index (χ2n) is 2.79. The Morgan fingerprint density at radius 3 is 2.60 bits per heavy atom. The second-order valence-corrected chi connectivity index (χ2v) is 4.56. The zero-order valence-electron chi connectivity index (χ0n) is 7.58. The number of nitrogens with zero attached hydrogens (tertiary/aromatic N) is 1. The summed E-state index contributed by atoms with van der Waals surface area (Å²) in [5.74, 6) is 0.0935. The lowest BCUT2D eigenvalue weighted by Gasteiger charge is -2.11. The fourth-order valence-electron chi connectivity index (χ4n) is 1.08. The summed E-state index contributed by atoms with van der Waals surface area (Å²) >= 11 is 6.48. The van der Waals surface area contributed by atoms with E-state index in [1.54, 1.807) is 12.1 Å². The third kappa shape index (κ3) is 3.65. The molecule has 6 heteroatoms. The van der Waals surface area contributed by atoms with Gasteiger partial charge < -0.3 is 10.8 Å². The van der Waals surface area contributed by atoms with Crippen molar-refractivity contribution in [2.45, 2.75) is 12.5 Å². The fraction of sp³-hybridized carbons (Fsp3) is 0.222. The van der Waals surface area contributed by atoms with Crippen molar-refractivity contribution in [2.75, 3.05) is 0 Å². The van der Waals surface area contributed by atoms with Crippen molar-refractivity contribution in [1.29, 1.82) is 5.26 Å². The van der Waals surface area contributed by atoms with E-state index in [0.717, 1.165) is 4.47 Å². The number of aromatic hydroxyl groups is 1. The molecule has 3 N–H and O–H groups in total. The molecule has 0 saturated carbocycles. The van der Waals surface area contributed by atoms with Gasteiger partial charge in [-0.2, -0.15) is 5.26 Å². The minimum atomic E-state index is -0.464. The van der Waals surface area contributed by atoms with Crippen molar-refractivity contribution in [1.82, 2.24) is 0 Å². The van der Waals surface area contributed by atoms with Crippen LogP contribution in [0.2, 0.25) is 0 Å². The lowest BCUT2D eigenvalue weighted by molar-refractivity contribution is 0.458. The van der Waals surface area contributed by atoms with Gasteiger partial charge in [0.25, 0.3) is 0 Å². The van der Waals surface area contributed by atoms with Crippen LogP contribution < -0.4 is 5.73 Å². The summed E-state index contributed by atoms with van der Waals surface area (Å²) < 4.78 is 1.38. The largest absolute Gasteiger partial charge is 0.506 e. The van der Waals surface area contributed by atoms with Crippen molar-refractivity contribution >= 4 is 44.3 Å². The van der Waals surface area contributed by atoms with Crippen LogP contribution in [0.5, 0.6) is 5.75 Å². The van der Waals surface area contributed by atoms with E-state index in [-0.39, 0.29) is 24.6 Å². The minimum Gasteiger partial charge on any atom is -0.506 e. The summed E-state index contributed by atoms with van der Waals surface area (Å²) in [6.45, 7) is 0. The molecule has 0 fully saturated rings. The predicted octanol–water partition coefficient (Wildman–Crippen LogP) is 3.25. The molecule has 1 atom stereocenters. The highest BCUT2D eigenvalue weighted by atomic mass is 79.9. The van der Waals surface area contributed by atoms with E-state index in [9.17, 15) is 5.11 Å². The molecule has 0 aliphatic rings. The van der Waals surface area contributed by atoms with Gasteiger partial charge in [0, 0.05) is 16.1 Å². The van der Waals surface area contributed by atoms with E-state index < -0.39 is 6.04 Å². The third-order valence-electron chi connectivity index (χ3n) is 1.77. The molecule has 0 unspecified atom stereocenters. The number of hydrogen-bond acceptors (Lipinski definition) is 3. The molecule has 0 amide bonds. The maximum atomic E-state index is 9.66. The van der Waals surface area contributed by atoms with E-state index in [0.29, 0.717) is 10.0 Å². The van der Waals surface area contributed by atoms with Gasteiger partial charge in [-0.05, 0) is 28.1 Å². The predicted molar refractivity (Wildman–Crippen MR) is 67.9 cm³/mol. The molecule has 3 nitrogen and oxygen atoms in total. The van der Waals surface area contributed by atoms with Crippen molar-refractivity contribution < 1.29 is 5.11 Å². The Bertz CT molecular complexity index is 392. The van der Waals surface area contributed by atoms with Crippen LogP contribution in [0, 0.1) is 11.3 Å². The second kappa shape index (κ2) is 6.33. The third-order valence-corrected chi connectivity index (χ3v) is 2.83. The van der Waals surface area contributed by atoms with Gasteiger partial charge in [0.2, 0.25) is 0 Å². The number of nitrogens with two attached hydrogens (primary N) is 1. The SMILES string of the molecule is Cl.N#CC[C@H](N)c1cc(Br)cc(Br)c1O. The van der Waals surface area contributed by atoms with Gasteiger partial charge in [-0.3, -0.25) is 0 Å². The van der Waals surface area contributed by atoms with Crippen LogP contribution in [0.4, 0.5) is 0 Å². The Morgan fingerprint density at radius 1 is 1.47 bits per heavy atom. The van der Waals surface area contributed by atoms with Crippen LogP contribution in [0.3, 0.4) is 0 Å². The van der Waals surface area contributed by atoms with Crippen LogP contribution in [-0.4, -0.2) is 5.11 Å².